The molecule has 1 aliphatic rings. The van der Waals surface area contributed by atoms with Crippen LogP contribution < -0.4 is 10.1 Å². The lowest BCUT2D eigenvalue weighted by Gasteiger charge is -2.08. The molecule has 28 heavy (non-hydrogen) atoms. The molecule has 1 aliphatic carbocycles. The standard InChI is InChI=1S/C24H25NO2S/c1-16(2)18-6-9-21(10-7-18)25-24(26)23-12-17(15-28-23)14-27-22-11-8-19-4-3-5-20(19)13-22/h6-13,15-16H,3-5,14H2,1-2H3,(H,25,26). The zero-order valence-corrected chi connectivity index (χ0v) is 17.1. The first kappa shape index (κ1) is 18.8. The summed E-state index contributed by atoms with van der Waals surface area (Å²) in [4.78, 5) is 13.2. The molecule has 0 unspecified atom stereocenters. The monoisotopic (exact) mass is 391 g/mol. The van der Waals surface area contributed by atoms with Crippen molar-refractivity contribution in [3.05, 3.63) is 81.0 Å². The number of hydrogen-bond donors (Lipinski definition) is 1. The van der Waals surface area contributed by atoms with Gasteiger partial charge in [0.1, 0.15) is 12.4 Å². The molecule has 0 atom stereocenters. The Balaban J connectivity index is 1.35. The fraction of sp³-hybridized carbons (Fsp3) is 0.292. The third-order valence-electron chi connectivity index (χ3n) is 5.19. The first-order valence-electron chi connectivity index (χ1n) is 9.82. The number of rotatable bonds is 6. The van der Waals surface area contributed by atoms with E-state index in [1.807, 2.05) is 29.6 Å². The third kappa shape index (κ3) is 4.28. The first-order chi connectivity index (χ1) is 13.6. The van der Waals surface area contributed by atoms with Gasteiger partial charge in [-0.3, -0.25) is 4.79 Å². The number of anilines is 1. The summed E-state index contributed by atoms with van der Waals surface area (Å²) in [6, 6.07) is 16.3. The quantitative estimate of drug-likeness (QED) is 0.544. The van der Waals surface area contributed by atoms with Gasteiger partial charge in [0.25, 0.3) is 5.91 Å². The summed E-state index contributed by atoms with van der Waals surface area (Å²) in [6.07, 6.45) is 3.56. The van der Waals surface area contributed by atoms with E-state index in [1.54, 1.807) is 0 Å². The molecule has 1 aromatic heterocycles. The van der Waals surface area contributed by atoms with Gasteiger partial charge in [-0.15, -0.1) is 11.3 Å². The summed E-state index contributed by atoms with van der Waals surface area (Å²) in [5, 5.41) is 4.96. The second kappa shape index (κ2) is 8.19. The summed E-state index contributed by atoms with van der Waals surface area (Å²) in [5.74, 6) is 1.31. The van der Waals surface area contributed by atoms with Crippen LogP contribution in [-0.2, 0) is 19.4 Å². The maximum absolute atomic E-state index is 12.5. The molecule has 0 aliphatic heterocycles. The highest BCUT2D eigenvalue weighted by Gasteiger charge is 2.13. The molecule has 0 saturated heterocycles. The summed E-state index contributed by atoms with van der Waals surface area (Å²) in [6.45, 7) is 4.79. The number of nitrogens with one attached hydrogen (secondary N) is 1. The smallest absolute Gasteiger partial charge is 0.265 e. The van der Waals surface area contributed by atoms with Gasteiger partial charge in [-0.25, -0.2) is 0 Å². The van der Waals surface area contributed by atoms with Gasteiger partial charge in [-0.1, -0.05) is 32.0 Å². The summed E-state index contributed by atoms with van der Waals surface area (Å²) >= 11 is 1.45. The average Bonchev–Trinajstić information content (AvgIpc) is 3.35. The van der Waals surface area contributed by atoms with Crippen molar-refractivity contribution in [1.29, 1.82) is 0 Å². The SMILES string of the molecule is CC(C)c1ccc(NC(=O)c2cc(COc3ccc4c(c3)CCC4)cs2)cc1. The molecule has 0 bridgehead atoms. The molecule has 0 radical (unpaired) electrons. The van der Waals surface area contributed by atoms with Crippen molar-refractivity contribution < 1.29 is 9.53 Å². The van der Waals surface area contributed by atoms with Crippen LogP contribution in [-0.4, -0.2) is 5.91 Å². The number of ether oxygens (including phenoxy) is 1. The Morgan fingerprint density at radius 1 is 1.07 bits per heavy atom. The van der Waals surface area contributed by atoms with Crippen LogP contribution in [0.1, 0.15) is 58.1 Å². The molecular formula is C24H25NO2S. The highest BCUT2D eigenvalue weighted by molar-refractivity contribution is 7.12. The fourth-order valence-corrected chi connectivity index (χ4v) is 4.31. The molecule has 1 N–H and O–H groups in total. The molecule has 1 amide bonds. The van der Waals surface area contributed by atoms with E-state index >= 15 is 0 Å². The lowest BCUT2D eigenvalue weighted by Crippen LogP contribution is -2.10. The van der Waals surface area contributed by atoms with E-state index in [4.69, 9.17) is 4.74 Å². The first-order valence-corrected chi connectivity index (χ1v) is 10.7. The van der Waals surface area contributed by atoms with Crippen molar-refractivity contribution in [3.63, 3.8) is 0 Å². The van der Waals surface area contributed by atoms with E-state index in [-0.39, 0.29) is 5.91 Å². The van der Waals surface area contributed by atoms with Crippen LogP contribution >= 0.6 is 11.3 Å². The Kier molecular flexibility index (Phi) is 5.49. The number of carbonyl (C=O) groups excluding carboxylic acids is 1. The van der Waals surface area contributed by atoms with Gasteiger partial charge in [0.2, 0.25) is 0 Å². The molecule has 0 saturated carbocycles. The van der Waals surface area contributed by atoms with Crippen molar-refractivity contribution >= 4 is 22.9 Å². The lowest BCUT2D eigenvalue weighted by atomic mass is 10.0. The number of thiophene rings is 1. The second-order valence-electron chi connectivity index (χ2n) is 7.62. The van der Waals surface area contributed by atoms with Crippen LogP contribution in [0.2, 0.25) is 0 Å². The summed E-state index contributed by atoms with van der Waals surface area (Å²) in [7, 11) is 0. The van der Waals surface area contributed by atoms with Crippen molar-refractivity contribution in [3.8, 4) is 5.75 Å². The van der Waals surface area contributed by atoms with Crippen LogP contribution in [0.5, 0.6) is 5.75 Å². The van der Waals surface area contributed by atoms with Crippen LogP contribution in [0, 0.1) is 0 Å². The zero-order valence-electron chi connectivity index (χ0n) is 16.3. The Bertz CT molecular complexity index is 973. The zero-order chi connectivity index (χ0) is 19.5. The number of hydrogen-bond acceptors (Lipinski definition) is 3. The van der Waals surface area contributed by atoms with Gasteiger partial charge in [-0.05, 0) is 77.6 Å². The van der Waals surface area contributed by atoms with Crippen molar-refractivity contribution in [2.45, 2.75) is 45.6 Å². The average molecular weight is 392 g/mol. The van der Waals surface area contributed by atoms with Crippen molar-refractivity contribution in [1.82, 2.24) is 0 Å². The third-order valence-corrected chi connectivity index (χ3v) is 6.17. The minimum atomic E-state index is -0.0777. The molecule has 3 nitrogen and oxygen atoms in total. The Labute approximate surface area is 170 Å². The molecule has 2 aromatic carbocycles. The van der Waals surface area contributed by atoms with Crippen molar-refractivity contribution in [2.75, 3.05) is 5.32 Å². The van der Waals surface area contributed by atoms with E-state index in [0.29, 0.717) is 17.4 Å². The summed E-state index contributed by atoms with van der Waals surface area (Å²) in [5.41, 5.74) is 5.96. The number of benzene rings is 2. The Hall–Kier alpha value is -2.59. The fourth-order valence-electron chi connectivity index (χ4n) is 3.52. The van der Waals surface area contributed by atoms with Crippen LogP contribution in [0.4, 0.5) is 5.69 Å². The van der Waals surface area contributed by atoms with E-state index in [2.05, 4.69) is 43.4 Å². The highest BCUT2D eigenvalue weighted by Crippen LogP contribution is 2.27. The van der Waals surface area contributed by atoms with Gasteiger partial charge >= 0.3 is 0 Å². The molecule has 3 aromatic rings. The maximum Gasteiger partial charge on any atom is 0.265 e. The Morgan fingerprint density at radius 3 is 2.64 bits per heavy atom. The predicted molar refractivity (Wildman–Crippen MR) is 116 cm³/mol. The van der Waals surface area contributed by atoms with Gasteiger partial charge in [0.05, 0.1) is 4.88 Å². The van der Waals surface area contributed by atoms with E-state index in [9.17, 15) is 4.79 Å². The second-order valence-corrected chi connectivity index (χ2v) is 8.53. The normalized spacial score (nSPS) is 12.8. The van der Waals surface area contributed by atoms with Crippen LogP contribution in [0.3, 0.4) is 0 Å². The van der Waals surface area contributed by atoms with Gasteiger partial charge < -0.3 is 10.1 Å². The van der Waals surface area contributed by atoms with Gasteiger partial charge in [0, 0.05) is 11.3 Å². The summed E-state index contributed by atoms with van der Waals surface area (Å²) < 4.78 is 5.94. The van der Waals surface area contributed by atoms with Gasteiger partial charge in [-0.2, -0.15) is 0 Å². The minimum Gasteiger partial charge on any atom is -0.489 e. The Morgan fingerprint density at radius 2 is 1.86 bits per heavy atom. The number of carbonyl (C=O) groups is 1. The maximum atomic E-state index is 12.5. The van der Waals surface area contributed by atoms with Crippen molar-refractivity contribution in [2.24, 2.45) is 0 Å². The van der Waals surface area contributed by atoms with E-state index < -0.39 is 0 Å². The number of fused-ring (bicyclic) bond motifs is 1. The molecule has 4 heteroatoms. The predicted octanol–water partition coefficient (Wildman–Crippen LogP) is 6.19. The van der Waals surface area contributed by atoms with Crippen LogP contribution in [0.25, 0.3) is 0 Å². The highest BCUT2D eigenvalue weighted by atomic mass is 32.1. The number of amides is 1. The largest absolute Gasteiger partial charge is 0.489 e. The minimum absolute atomic E-state index is 0.0777. The van der Waals surface area contributed by atoms with E-state index in [0.717, 1.165) is 23.4 Å². The molecule has 0 fully saturated rings. The van der Waals surface area contributed by atoms with E-state index in [1.165, 1.54) is 40.9 Å². The number of aryl methyl sites for hydroxylation is 2. The van der Waals surface area contributed by atoms with Gasteiger partial charge in [0.15, 0.2) is 0 Å². The lowest BCUT2D eigenvalue weighted by molar-refractivity contribution is 0.103. The molecule has 144 valence electrons. The molecule has 4 rings (SSSR count). The molecule has 1 heterocycles. The molecular weight excluding hydrogens is 366 g/mol. The van der Waals surface area contributed by atoms with Crippen LogP contribution in [0.15, 0.2) is 53.9 Å². The molecule has 0 spiro atoms. The topological polar surface area (TPSA) is 38.3 Å².